The lowest BCUT2D eigenvalue weighted by Crippen LogP contribution is -2.80. The predicted octanol–water partition coefficient (Wildman–Crippen LogP) is 4.12. The van der Waals surface area contributed by atoms with E-state index in [1.807, 2.05) is 20.8 Å². The first-order valence-corrected chi connectivity index (χ1v) is 17.3. The molecule has 1 aromatic carbocycles. The van der Waals surface area contributed by atoms with Crippen molar-refractivity contribution < 1.29 is 31.6 Å². The van der Waals surface area contributed by atoms with E-state index in [0.717, 1.165) is 17.6 Å². The molecule has 192 valence electrons. The molecule has 0 radical (unpaired) electrons. The summed E-state index contributed by atoms with van der Waals surface area (Å²) in [6.45, 7) is 16.5. The van der Waals surface area contributed by atoms with Crippen LogP contribution in [-0.2, 0) is 28.2 Å². The van der Waals surface area contributed by atoms with Crippen LogP contribution in [0.4, 0.5) is 0 Å². The van der Waals surface area contributed by atoms with E-state index in [9.17, 15) is 13.5 Å². The highest BCUT2D eigenvalue weighted by atomic mass is 32.2. The van der Waals surface area contributed by atoms with Gasteiger partial charge in [-0.05, 0) is 70.5 Å². The number of aliphatic hydroxyl groups is 1. The second-order valence-electron chi connectivity index (χ2n) is 12.7. The van der Waals surface area contributed by atoms with Crippen LogP contribution in [0.2, 0.25) is 19.6 Å². The van der Waals surface area contributed by atoms with Gasteiger partial charge in [0.05, 0.1) is 23.5 Å². The third-order valence-corrected chi connectivity index (χ3v) is 12.2. The number of epoxide rings is 1. The fraction of sp³-hybridized carbons (Fsp3) is 0.692. The number of ether oxygens (including phenoxy) is 2. The maximum Gasteiger partial charge on any atom is 0.338 e. The van der Waals surface area contributed by atoms with Gasteiger partial charge in [0.2, 0.25) is 5.79 Å². The van der Waals surface area contributed by atoms with Crippen LogP contribution in [0.15, 0.2) is 40.5 Å². The van der Waals surface area contributed by atoms with Crippen LogP contribution in [-0.4, -0.2) is 52.0 Å². The summed E-state index contributed by atoms with van der Waals surface area (Å²) in [5.41, 5.74) is -1.47. The van der Waals surface area contributed by atoms with Crippen molar-refractivity contribution >= 4 is 18.4 Å². The fourth-order valence-corrected chi connectivity index (χ4v) is 10.6. The second-order valence-corrected chi connectivity index (χ2v) is 18.7. The molecule has 1 aromatic rings. The monoisotopic (exact) mass is 520 g/mol. The summed E-state index contributed by atoms with van der Waals surface area (Å²) in [4.78, 5) is 0.0842. The van der Waals surface area contributed by atoms with Crippen LogP contribution in [0, 0.1) is 29.1 Å². The van der Waals surface area contributed by atoms with Gasteiger partial charge in [-0.2, -0.15) is 8.42 Å². The smallest absolute Gasteiger partial charge is 0.338 e. The Morgan fingerprint density at radius 1 is 1.11 bits per heavy atom. The molecule has 7 rings (SSSR count). The molecule has 2 spiro atoms. The van der Waals surface area contributed by atoms with Gasteiger partial charge in [0.15, 0.2) is 8.32 Å². The van der Waals surface area contributed by atoms with Gasteiger partial charge in [0.25, 0.3) is 0 Å². The van der Waals surface area contributed by atoms with Crippen LogP contribution in [0.5, 0.6) is 0 Å². The third kappa shape index (κ3) is 2.35. The average molecular weight is 521 g/mol. The molecular formula is C26H36O7SSi. The normalized spacial score (nSPS) is 47.6. The zero-order valence-corrected chi connectivity index (χ0v) is 23.6. The summed E-state index contributed by atoms with van der Waals surface area (Å²) in [5, 5.41) is 12.5. The molecule has 4 aliphatic carbocycles. The summed E-state index contributed by atoms with van der Waals surface area (Å²) >= 11 is 0. The Bertz CT molecular complexity index is 1270. The number of aryl methyl sites for hydroxylation is 1. The molecule has 2 heterocycles. The molecule has 2 saturated carbocycles. The van der Waals surface area contributed by atoms with Crippen molar-refractivity contribution in [2.24, 2.45) is 22.2 Å². The largest absolute Gasteiger partial charge is 0.408 e. The lowest BCUT2D eigenvalue weighted by Gasteiger charge is -2.69. The van der Waals surface area contributed by atoms with E-state index in [-0.39, 0.29) is 29.3 Å². The van der Waals surface area contributed by atoms with Crippen molar-refractivity contribution in [3.05, 3.63) is 41.2 Å². The highest BCUT2D eigenvalue weighted by Gasteiger charge is 2.99. The van der Waals surface area contributed by atoms with Gasteiger partial charge in [-0.25, -0.2) is 0 Å². The Kier molecular flexibility index (Phi) is 4.42. The molecule has 0 aromatic heterocycles. The van der Waals surface area contributed by atoms with Crippen molar-refractivity contribution in [1.82, 2.24) is 0 Å². The fourth-order valence-electron chi connectivity index (χ4n) is 8.46. The minimum absolute atomic E-state index is 0.0195. The third-order valence-electron chi connectivity index (χ3n) is 10.1. The Morgan fingerprint density at radius 2 is 1.74 bits per heavy atom. The molecular weight excluding hydrogens is 484 g/mol. The Hall–Kier alpha value is -1.23. The van der Waals surface area contributed by atoms with Gasteiger partial charge in [-0.3, -0.25) is 0 Å². The quantitative estimate of drug-likeness (QED) is 0.355. The molecule has 2 aliphatic heterocycles. The van der Waals surface area contributed by atoms with Crippen LogP contribution in [0.1, 0.15) is 39.7 Å². The first-order valence-electron chi connectivity index (χ1n) is 12.5. The standard InChI is InChI=1S/C26H36O7SSi/c1-15-9-11-18(12-10-15)34(28,29)32-20-17(3)24-16(2)13-19-25(24,31-19)22(4)14-30-26(27,23(20,22)5)21(24)33-35(6,7)8/h9-12,16,19,21,27H,13-14H2,1-8H3. The van der Waals surface area contributed by atoms with Crippen molar-refractivity contribution in [2.45, 2.75) is 89.2 Å². The van der Waals surface area contributed by atoms with Gasteiger partial charge < -0.3 is 23.2 Å². The average Bonchev–Trinajstić information content (AvgIpc) is 3.35. The number of benzene rings is 1. The molecule has 1 N–H and O–H groups in total. The van der Waals surface area contributed by atoms with Gasteiger partial charge in [0.1, 0.15) is 22.4 Å². The van der Waals surface area contributed by atoms with Crippen molar-refractivity contribution in [2.75, 3.05) is 6.61 Å². The SMILES string of the molecule is CC1=C(OS(=O)(=O)c2ccc(C)cc2)C2(C)C3(O)OCC2(C)C24OC2CC(C)C14C3O[Si](C)(C)C. The van der Waals surface area contributed by atoms with Crippen molar-refractivity contribution in [3.8, 4) is 0 Å². The summed E-state index contributed by atoms with van der Waals surface area (Å²) in [5.74, 6) is -1.38. The summed E-state index contributed by atoms with van der Waals surface area (Å²) in [7, 11) is -6.32. The minimum Gasteiger partial charge on any atom is -0.408 e. The molecule has 6 aliphatic rings. The lowest BCUT2D eigenvalue weighted by molar-refractivity contribution is -0.335. The highest BCUT2D eigenvalue weighted by molar-refractivity contribution is 7.86. The van der Waals surface area contributed by atoms with E-state index >= 15 is 0 Å². The van der Waals surface area contributed by atoms with E-state index < -0.39 is 52.2 Å². The number of rotatable bonds is 5. The zero-order chi connectivity index (χ0) is 25.6. The van der Waals surface area contributed by atoms with Gasteiger partial charge >= 0.3 is 10.1 Å². The highest BCUT2D eigenvalue weighted by Crippen LogP contribution is 2.88. The minimum atomic E-state index is -4.15. The van der Waals surface area contributed by atoms with Gasteiger partial charge in [-0.15, -0.1) is 0 Å². The van der Waals surface area contributed by atoms with E-state index in [1.54, 1.807) is 24.3 Å². The van der Waals surface area contributed by atoms with Crippen molar-refractivity contribution in [1.29, 1.82) is 0 Å². The zero-order valence-electron chi connectivity index (χ0n) is 21.8. The molecule has 35 heavy (non-hydrogen) atoms. The molecule has 8 atom stereocenters. The summed E-state index contributed by atoms with van der Waals surface area (Å²) < 4.78 is 52.9. The Labute approximate surface area is 209 Å². The van der Waals surface area contributed by atoms with Crippen LogP contribution < -0.4 is 0 Å². The predicted molar refractivity (Wildman–Crippen MR) is 131 cm³/mol. The second kappa shape index (κ2) is 6.42. The number of hydrogen-bond donors (Lipinski definition) is 1. The van der Waals surface area contributed by atoms with Crippen LogP contribution in [0.3, 0.4) is 0 Å². The van der Waals surface area contributed by atoms with Crippen molar-refractivity contribution in [3.63, 3.8) is 0 Å². The Balaban J connectivity index is 1.62. The van der Waals surface area contributed by atoms with Crippen LogP contribution >= 0.6 is 0 Å². The molecule has 4 bridgehead atoms. The van der Waals surface area contributed by atoms with E-state index in [2.05, 4.69) is 33.5 Å². The lowest BCUT2D eigenvalue weighted by atomic mass is 9.37. The number of hydrogen-bond acceptors (Lipinski definition) is 7. The van der Waals surface area contributed by atoms with Gasteiger partial charge in [-0.1, -0.05) is 31.5 Å². The molecule has 4 fully saturated rings. The van der Waals surface area contributed by atoms with Crippen LogP contribution in [0.25, 0.3) is 0 Å². The Morgan fingerprint density at radius 3 is 2.34 bits per heavy atom. The molecule has 8 unspecified atom stereocenters. The van der Waals surface area contributed by atoms with E-state index in [4.69, 9.17) is 18.1 Å². The maximum atomic E-state index is 13.6. The first-order chi connectivity index (χ1) is 16.0. The molecule has 7 nitrogen and oxygen atoms in total. The summed E-state index contributed by atoms with van der Waals surface area (Å²) in [6, 6.07) is 6.61. The maximum absolute atomic E-state index is 13.6. The first kappa shape index (κ1) is 24.1. The molecule has 0 amide bonds. The molecule has 9 heteroatoms. The topological polar surface area (TPSA) is 94.6 Å². The molecule has 2 saturated heterocycles. The van der Waals surface area contributed by atoms with E-state index in [1.165, 1.54) is 0 Å². The van der Waals surface area contributed by atoms with E-state index in [0.29, 0.717) is 0 Å². The summed E-state index contributed by atoms with van der Waals surface area (Å²) in [6.07, 6.45) is 0.160. The van der Waals surface area contributed by atoms with Gasteiger partial charge in [0, 0.05) is 5.41 Å².